The van der Waals surface area contributed by atoms with Gasteiger partial charge in [0.2, 0.25) is 0 Å². The number of hydrogen-bond acceptors (Lipinski definition) is 3. The van der Waals surface area contributed by atoms with Gasteiger partial charge in [0.1, 0.15) is 0 Å². The molecular weight excluding hydrogens is 206 g/mol. The maximum Gasteiger partial charge on any atom is 0.0938 e. The number of aromatic nitrogens is 1. The SMILES string of the molecule is Cc1ncc(C(O)Cc2ccccc2)s1. The van der Waals surface area contributed by atoms with Crippen molar-refractivity contribution in [2.75, 3.05) is 0 Å². The predicted octanol–water partition coefficient (Wildman–Crippen LogP) is 2.73. The van der Waals surface area contributed by atoms with Gasteiger partial charge in [-0.15, -0.1) is 11.3 Å². The third-order valence-corrected chi connectivity index (χ3v) is 3.25. The summed E-state index contributed by atoms with van der Waals surface area (Å²) < 4.78 is 0. The fraction of sp³-hybridized carbons (Fsp3) is 0.250. The van der Waals surface area contributed by atoms with Crippen LogP contribution in [0.3, 0.4) is 0 Å². The van der Waals surface area contributed by atoms with E-state index in [-0.39, 0.29) is 0 Å². The Morgan fingerprint density at radius 3 is 2.67 bits per heavy atom. The summed E-state index contributed by atoms with van der Waals surface area (Å²) in [5.74, 6) is 0. The van der Waals surface area contributed by atoms with Gasteiger partial charge >= 0.3 is 0 Å². The molecule has 0 amide bonds. The predicted molar refractivity (Wildman–Crippen MR) is 62.0 cm³/mol. The Morgan fingerprint density at radius 2 is 2.07 bits per heavy atom. The lowest BCUT2D eigenvalue weighted by Crippen LogP contribution is -1.99. The summed E-state index contributed by atoms with van der Waals surface area (Å²) in [6, 6.07) is 10.0. The van der Waals surface area contributed by atoms with Crippen LogP contribution in [0.5, 0.6) is 0 Å². The van der Waals surface area contributed by atoms with Crippen LogP contribution in [-0.4, -0.2) is 10.1 Å². The quantitative estimate of drug-likeness (QED) is 0.861. The van der Waals surface area contributed by atoms with Crippen LogP contribution in [0, 0.1) is 6.92 Å². The maximum atomic E-state index is 9.96. The number of nitrogens with zero attached hydrogens (tertiary/aromatic N) is 1. The minimum atomic E-state index is -0.432. The first-order chi connectivity index (χ1) is 7.25. The van der Waals surface area contributed by atoms with Crippen LogP contribution < -0.4 is 0 Å². The summed E-state index contributed by atoms with van der Waals surface area (Å²) in [6.07, 6.45) is 1.98. The normalized spacial score (nSPS) is 12.7. The number of thiazole rings is 1. The van der Waals surface area contributed by atoms with E-state index < -0.39 is 6.10 Å². The topological polar surface area (TPSA) is 33.1 Å². The second kappa shape index (κ2) is 4.55. The second-order valence-electron chi connectivity index (χ2n) is 3.49. The average Bonchev–Trinajstić information content (AvgIpc) is 2.66. The molecule has 78 valence electrons. The fourth-order valence-electron chi connectivity index (χ4n) is 1.47. The molecule has 1 aromatic carbocycles. The van der Waals surface area contributed by atoms with Crippen molar-refractivity contribution in [3.63, 3.8) is 0 Å². The number of aliphatic hydroxyl groups is 1. The first kappa shape index (κ1) is 10.3. The van der Waals surface area contributed by atoms with Crippen LogP contribution in [0.1, 0.15) is 21.6 Å². The molecular formula is C12H13NOS. The molecule has 1 heterocycles. The summed E-state index contributed by atoms with van der Waals surface area (Å²) in [5, 5.41) is 11.0. The van der Waals surface area contributed by atoms with Crippen molar-refractivity contribution in [2.45, 2.75) is 19.4 Å². The summed E-state index contributed by atoms with van der Waals surface area (Å²) in [4.78, 5) is 5.08. The van der Waals surface area contributed by atoms with Crippen LogP contribution in [0.15, 0.2) is 36.5 Å². The molecule has 15 heavy (non-hydrogen) atoms. The molecule has 0 saturated heterocycles. The Balaban J connectivity index is 2.07. The zero-order chi connectivity index (χ0) is 10.7. The lowest BCUT2D eigenvalue weighted by molar-refractivity contribution is 0.182. The molecule has 0 radical (unpaired) electrons. The third kappa shape index (κ3) is 2.64. The summed E-state index contributed by atoms with van der Waals surface area (Å²) in [5.41, 5.74) is 1.15. The van der Waals surface area contributed by atoms with E-state index in [0.29, 0.717) is 6.42 Å². The molecule has 0 aliphatic heterocycles. The van der Waals surface area contributed by atoms with Crippen molar-refractivity contribution in [1.82, 2.24) is 4.98 Å². The van der Waals surface area contributed by atoms with Gasteiger partial charge in [0.15, 0.2) is 0 Å². The molecule has 0 spiro atoms. The van der Waals surface area contributed by atoms with Crippen molar-refractivity contribution in [2.24, 2.45) is 0 Å². The molecule has 2 aromatic rings. The highest BCUT2D eigenvalue weighted by Crippen LogP contribution is 2.23. The summed E-state index contributed by atoms with van der Waals surface area (Å²) in [7, 11) is 0. The zero-order valence-corrected chi connectivity index (χ0v) is 9.37. The number of rotatable bonds is 3. The molecule has 3 heteroatoms. The minimum Gasteiger partial charge on any atom is -0.387 e. The minimum absolute atomic E-state index is 0.432. The van der Waals surface area contributed by atoms with Gasteiger partial charge in [0.25, 0.3) is 0 Å². The van der Waals surface area contributed by atoms with Crippen LogP contribution in [0.25, 0.3) is 0 Å². The molecule has 2 rings (SSSR count). The Bertz CT molecular complexity index is 424. The largest absolute Gasteiger partial charge is 0.387 e. The Labute approximate surface area is 93.2 Å². The average molecular weight is 219 g/mol. The van der Waals surface area contributed by atoms with E-state index in [0.717, 1.165) is 15.4 Å². The number of benzene rings is 1. The van der Waals surface area contributed by atoms with E-state index in [1.807, 2.05) is 37.3 Å². The smallest absolute Gasteiger partial charge is 0.0938 e. The van der Waals surface area contributed by atoms with Gasteiger partial charge in [-0.25, -0.2) is 4.98 Å². The van der Waals surface area contributed by atoms with Crippen LogP contribution >= 0.6 is 11.3 Å². The van der Waals surface area contributed by atoms with Crippen molar-refractivity contribution in [3.8, 4) is 0 Å². The highest BCUT2D eigenvalue weighted by Gasteiger charge is 2.10. The van der Waals surface area contributed by atoms with Crippen molar-refractivity contribution >= 4 is 11.3 Å². The molecule has 1 atom stereocenters. The van der Waals surface area contributed by atoms with Crippen molar-refractivity contribution in [1.29, 1.82) is 0 Å². The third-order valence-electron chi connectivity index (χ3n) is 2.24. The molecule has 0 fully saturated rings. The maximum absolute atomic E-state index is 9.96. The van der Waals surface area contributed by atoms with Crippen LogP contribution in [0.4, 0.5) is 0 Å². The highest BCUT2D eigenvalue weighted by molar-refractivity contribution is 7.11. The molecule has 0 aliphatic carbocycles. The molecule has 1 unspecified atom stereocenters. The van der Waals surface area contributed by atoms with Gasteiger partial charge in [0.05, 0.1) is 16.0 Å². The molecule has 1 N–H and O–H groups in total. The van der Waals surface area contributed by atoms with Crippen molar-refractivity contribution < 1.29 is 5.11 Å². The monoisotopic (exact) mass is 219 g/mol. The zero-order valence-electron chi connectivity index (χ0n) is 8.55. The number of aryl methyl sites for hydroxylation is 1. The van der Waals surface area contributed by atoms with E-state index in [2.05, 4.69) is 4.98 Å². The number of aliphatic hydroxyl groups excluding tert-OH is 1. The van der Waals surface area contributed by atoms with E-state index in [1.54, 1.807) is 17.5 Å². The molecule has 1 aromatic heterocycles. The lowest BCUT2D eigenvalue weighted by atomic mass is 10.1. The van der Waals surface area contributed by atoms with E-state index in [9.17, 15) is 5.11 Å². The highest BCUT2D eigenvalue weighted by atomic mass is 32.1. The Morgan fingerprint density at radius 1 is 1.33 bits per heavy atom. The van der Waals surface area contributed by atoms with Crippen molar-refractivity contribution in [3.05, 3.63) is 52.0 Å². The van der Waals surface area contributed by atoms with Gasteiger partial charge in [0, 0.05) is 12.6 Å². The lowest BCUT2D eigenvalue weighted by Gasteiger charge is -2.07. The van der Waals surface area contributed by atoms with E-state index >= 15 is 0 Å². The second-order valence-corrected chi connectivity index (χ2v) is 4.75. The van der Waals surface area contributed by atoms with Gasteiger partial charge in [-0.05, 0) is 12.5 Å². The first-order valence-electron chi connectivity index (χ1n) is 4.90. The van der Waals surface area contributed by atoms with E-state index in [1.165, 1.54) is 0 Å². The van der Waals surface area contributed by atoms with Gasteiger partial charge < -0.3 is 5.11 Å². The van der Waals surface area contributed by atoms with Gasteiger partial charge in [-0.1, -0.05) is 30.3 Å². The fourth-order valence-corrected chi connectivity index (χ4v) is 2.24. The summed E-state index contributed by atoms with van der Waals surface area (Å²) in [6.45, 7) is 1.95. The first-order valence-corrected chi connectivity index (χ1v) is 5.71. The summed E-state index contributed by atoms with van der Waals surface area (Å²) >= 11 is 1.55. The van der Waals surface area contributed by atoms with Crippen LogP contribution in [-0.2, 0) is 6.42 Å². The molecule has 0 saturated carbocycles. The molecule has 2 nitrogen and oxygen atoms in total. The van der Waals surface area contributed by atoms with Crippen LogP contribution in [0.2, 0.25) is 0 Å². The van der Waals surface area contributed by atoms with Gasteiger partial charge in [-0.3, -0.25) is 0 Å². The number of hydrogen-bond donors (Lipinski definition) is 1. The van der Waals surface area contributed by atoms with Gasteiger partial charge in [-0.2, -0.15) is 0 Å². The Kier molecular flexibility index (Phi) is 3.14. The molecule has 0 aliphatic rings. The van der Waals surface area contributed by atoms with E-state index in [4.69, 9.17) is 0 Å². The molecule has 0 bridgehead atoms. The Hall–Kier alpha value is -1.19. The standard InChI is InChI=1S/C12H13NOS/c1-9-13-8-12(15-9)11(14)7-10-5-3-2-4-6-10/h2-6,8,11,14H,7H2,1H3.